The van der Waals surface area contributed by atoms with Crippen molar-refractivity contribution < 1.29 is 18.6 Å². The van der Waals surface area contributed by atoms with Gasteiger partial charge in [0.05, 0.1) is 20.8 Å². The molecule has 1 aromatic heterocycles. The van der Waals surface area contributed by atoms with Crippen LogP contribution in [0.25, 0.3) is 0 Å². The lowest BCUT2D eigenvalue weighted by atomic mass is 9.98. The highest BCUT2D eigenvalue weighted by molar-refractivity contribution is 9.10. The molecule has 2 heterocycles. The SMILES string of the molecule is COc1cc2c(cc1OC)CN(Cc1cc(=O)c(OCc3cccc(Br)c3)co1)CC2. The molecule has 0 fully saturated rings. The standard InChI is InChI=1S/C24H24BrNO5/c1-28-22-9-17-6-7-26(12-18(17)10-23(22)29-2)13-20-11-21(27)24(15-30-20)31-14-16-4-3-5-19(25)8-16/h3-5,8-11,15H,6-7,12-14H2,1-2H3. The fraction of sp³-hybridized carbons (Fsp3) is 0.292. The maximum absolute atomic E-state index is 12.5. The number of fused-ring (bicyclic) bond motifs is 1. The van der Waals surface area contributed by atoms with Crippen molar-refractivity contribution in [2.75, 3.05) is 20.8 Å². The monoisotopic (exact) mass is 485 g/mol. The van der Waals surface area contributed by atoms with Gasteiger partial charge in [0.15, 0.2) is 11.5 Å². The van der Waals surface area contributed by atoms with Crippen molar-refractivity contribution in [3.05, 3.63) is 85.9 Å². The van der Waals surface area contributed by atoms with Crippen LogP contribution in [0.2, 0.25) is 0 Å². The zero-order chi connectivity index (χ0) is 21.8. The van der Waals surface area contributed by atoms with E-state index >= 15 is 0 Å². The van der Waals surface area contributed by atoms with Gasteiger partial charge in [-0.25, -0.2) is 0 Å². The van der Waals surface area contributed by atoms with Gasteiger partial charge in [-0.2, -0.15) is 0 Å². The molecule has 31 heavy (non-hydrogen) atoms. The van der Waals surface area contributed by atoms with Crippen molar-refractivity contribution in [1.29, 1.82) is 0 Å². The van der Waals surface area contributed by atoms with Crippen LogP contribution in [-0.2, 0) is 26.1 Å². The third kappa shape index (κ3) is 5.11. The fourth-order valence-corrected chi connectivity index (χ4v) is 4.16. The van der Waals surface area contributed by atoms with Gasteiger partial charge < -0.3 is 18.6 Å². The highest BCUT2D eigenvalue weighted by atomic mass is 79.9. The summed E-state index contributed by atoms with van der Waals surface area (Å²) >= 11 is 3.43. The number of hydrogen-bond acceptors (Lipinski definition) is 6. The Kier molecular flexibility index (Phi) is 6.63. The maximum atomic E-state index is 12.5. The quantitative estimate of drug-likeness (QED) is 0.488. The Morgan fingerprint density at radius 2 is 1.81 bits per heavy atom. The summed E-state index contributed by atoms with van der Waals surface area (Å²) in [6, 6.07) is 13.3. The van der Waals surface area contributed by atoms with Crippen LogP contribution in [0, 0.1) is 0 Å². The van der Waals surface area contributed by atoms with E-state index in [1.165, 1.54) is 23.5 Å². The predicted octanol–water partition coefficient (Wildman–Crippen LogP) is 4.56. The molecule has 0 saturated carbocycles. The van der Waals surface area contributed by atoms with Crippen LogP contribution in [-0.4, -0.2) is 25.7 Å². The summed E-state index contributed by atoms with van der Waals surface area (Å²) in [5, 5.41) is 0. The number of benzene rings is 2. The molecule has 0 radical (unpaired) electrons. The molecule has 162 valence electrons. The van der Waals surface area contributed by atoms with Crippen LogP contribution >= 0.6 is 15.9 Å². The van der Waals surface area contributed by atoms with Crippen molar-refractivity contribution in [2.45, 2.75) is 26.1 Å². The first kappa shape index (κ1) is 21.5. The zero-order valence-corrected chi connectivity index (χ0v) is 19.1. The van der Waals surface area contributed by atoms with E-state index in [2.05, 4.69) is 20.8 Å². The van der Waals surface area contributed by atoms with Crippen molar-refractivity contribution >= 4 is 15.9 Å². The van der Waals surface area contributed by atoms with E-state index in [1.54, 1.807) is 14.2 Å². The van der Waals surface area contributed by atoms with E-state index < -0.39 is 0 Å². The smallest absolute Gasteiger partial charge is 0.227 e. The molecule has 0 bridgehead atoms. The van der Waals surface area contributed by atoms with Gasteiger partial charge in [0.2, 0.25) is 11.2 Å². The number of hydrogen-bond donors (Lipinski definition) is 0. The molecule has 0 saturated heterocycles. The molecule has 0 N–H and O–H groups in total. The molecular weight excluding hydrogens is 462 g/mol. The number of rotatable bonds is 7. The van der Waals surface area contributed by atoms with Crippen molar-refractivity contribution in [3.8, 4) is 17.2 Å². The van der Waals surface area contributed by atoms with Crippen molar-refractivity contribution in [2.24, 2.45) is 0 Å². The predicted molar refractivity (Wildman–Crippen MR) is 121 cm³/mol. The summed E-state index contributed by atoms with van der Waals surface area (Å²) in [6.07, 6.45) is 2.30. The molecule has 1 aliphatic heterocycles. The molecule has 0 spiro atoms. The van der Waals surface area contributed by atoms with E-state index in [0.717, 1.165) is 41.0 Å². The van der Waals surface area contributed by atoms with Gasteiger partial charge in [0.25, 0.3) is 0 Å². The summed E-state index contributed by atoms with van der Waals surface area (Å²) in [6.45, 7) is 2.47. The Labute approximate surface area is 189 Å². The van der Waals surface area contributed by atoms with E-state index in [1.807, 2.05) is 36.4 Å². The summed E-state index contributed by atoms with van der Waals surface area (Å²) in [7, 11) is 3.29. The van der Waals surface area contributed by atoms with Gasteiger partial charge in [-0.05, 0) is 47.4 Å². The van der Waals surface area contributed by atoms with Crippen LogP contribution < -0.4 is 19.6 Å². The zero-order valence-electron chi connectivity index (χ0n) is 17.5. The first-order chi connectivity index (χ1) is 15.1. The van der Waals surface area contributed by atoms with Gasteiger partial charge in [0.1, 0.15) is 18.6 Å². The second-order valence-electron chi connectivity index (χ2n) is 7.43. The fourth-order valence-electron chi connectivity index (χ4n) is 3.71. The Morgan fingerprint density at radius 3 is 2.52 bits per heavy atom. The van der Waals surface area contributed by atoms with Gasteiger partial charge in [-0.15, -0.1) is 0 Å². The Morgan fingerprint density at radius 1 is 1.03 bits per heavy atom. The minimum absolute atomic E-state index is 0.180. The van der Waals surface area contributed by atoms with E-state index in [9.17, 15) is 4.79 Å². The van der Waals surface area contributed by atoms with Gasteiger partial charge in [-0.3, -0.25) is 9.69 Å². The van der Waals surface area contributed by atoms with Gasteiger partial charge in [-0.1, -0.05) is 28.1 Å². The molecular formula is C24H24BrNO5. The van der Waals surface area contributed by atoms with Crippen LogP contribution in [0.5, 0.6) is 17.2 Å². The molecule has 0 unspecified atom stereocenters. The normalized spacial score (nSPS) is 13.5. The summed E-state index contributed by atoms with van der Waals surface area (Å²) < 4.78 is 23.1. The third-order valence-electron chi connectivity index (χ3n) is 5.31. The molecule has 7 heteroatoms. The van der Waals surface area contributed by atoms with Crippen LogP contribution in [0.4, 0.5) is 0 Å². The minimum atomic E-state index is -0.180. The summed E-state index contributed by atoms with van der Waals surface area (Å²) in [4.78, 5) is 14.7. The Hall–Kier alpha value is -2.77. The Balaban J connectivity index is 1.41. The molecule has 0 aliphatic carbocycles. The summed E-state index contributed by atoms with van der Waals surface area (Å²) in [5.74, 6) is 2.30. The second-order valence-corrected chi connectivity index (χ2v) is 8.35. The lowest BCUT2D eigenvalue weighted by Crippen LogP contribution is -2.30. The second kappa shape index (κ2) is 9.58. The molecule has 0 atom stereocenters. The van der Waals surface area contributed by atoms with E-state index in [-0.39, 0.29) is 11.2 Å². The average Bonchev–Trinajstić information content (AvgIpc) is 2.77. The van der Waals surface area contributed by atoms with Crippen LogP contribution in [0.3, 0.4) is 0 Å². The van der Waals surface area contributed by atoms with Crippen LogP contribution in [0.1, 0.15) is 22.5 Å². The first-order valence-electron chi connectivity index (χ1n) is 10.0. The lowest BCUT2D eigenvalue weighted by molar-refractivity contribution is 0.219. The minimum Gasteiger partial charge on any atom is -0.493 e. The maximum Gasteiger partial charge on any atom is 0.227 e. The highest BCUT2D eigenvalue weighted by Crippen LogP contribution is 2.33. The number of halogens is 1. The topological polar surface area (TPSA) is 61.1 Å². The number of ether oxygens (including phenoxy) is 3. The van der Waals surface area contributed by atoms with E-state index in [4.69, 9.17) is 18.6 Å². The molecule has 0 amide bonds. The molecule has 4 rings (SSSR count). The van der Waals surface area contributed by atoms with Crippen LogP contribution in [0.15, 0.2) is 62.4 Å². The van der Waals surface area contributed by atoms with E-state index in [0.29, 0.717) is 18.9 Å². The Bertz CT molecular complexity index is 1130. The molecule has 2 aromatic carbocycles. The largest absolute Gasteiger partial charge is 0.493 e. The van der Waals surface area contributed by atoms with Gasteiger partial charge >= 0.3 is 0 Å². The van der Waals surface area contributed by atoms with Crippen molar-refractivity contribution in [3.63, 3.8) is 0 Å². The number of methoxy groups -OCH3 is 2. The lowest BCUT2D eigenvalue weighted by Gasteiger charge is -2.29. The number of nitrogens with zero attached hydrogens (tertiary/aromatic N) is 1. The summed E-state index contributed by atoms with van der Waals surface area (Å²) in [5.41, 5.74) is 3.24. The first-order valence-corrected chi connectivity index (χ1v) is 10.8. The highest BCUT2D eigenvalue weighted by Gasteiger charge is 2.20. The average molecular weight is 486 g/mol. The molecule has 6 nitrogen and oxygen atoms in total. The van der Waals surface area contributed by atoms with Crippen molar-refractivity contribution in [1.82, 2.24) is 4.90 Å². The van der Waals surface area contributed by atoms with Gasteiger partial charge in [0, 0.05) is 23.6 Å². The molecule has 3 aromatic rings. The third-order valence-corrected chi connectivity index (χ3v) is 5.81. The molecule has 1 aliphatic rings.